The van der Waals surface area contributed by atoms with E-state index in [0.717, 1.165) is 18.2 Å². The highest BCUT2D eigenvalue weighted by molar-refractivity contribution is 5.03. The van der Waals surface area contributed by atoms with Gasteiger partial charge in [0, 0.05) is 18.8 Å². The molecule has 76 valence electrons. The van der Waals surface area contributed by atoms with E-state index in [9.17, 15) is 0 Å². The molecule has 0 bridgehead atoms. The molecule has 1 atom stereocenters. The Labute approximate surface area is 85.7 Å². The maximum atomic E-state index is 4.28. The third-order valence-electron chi connectivity index (χ3n) is 2.74. The summed E-state index contributed by atoms with van der Waals surface area (Å²) >= 11 is 0. The summed E-state index contributed by atoms with van der Waals surface area (Å²) < 4.78 is 0. The van der Waals surface area contributed by atoms with E-state index in [1.807, 2.05) is 18.3 Å². The number of rotatable bonds is 5. The van der Waals surface area contributed by atoms with E-state index >= 15 is 0 Å². The van der Waals surface area contributed by atoms with Crippen LogP contribution in [0.25, 0.3) is 0 Å². The van der Waals surface area contributed by atoms with Crippen molar-refractivity contribution >= 4 is 0 Å². The Balaban J connectivity index is 1.70. The first-order chi connectivity index (χ1) is 6.84. The second kappa shape index (κ2) is 4.56. The van der Waals surface area contributed by atoms with E-state index < -0.39 is 0 Å². The zero-order valence-corrected chi connectivity index (χ0v) is 8.74. The lowest BCUT2D eigenvalue weighted by molar-refractivity contribution is 0.484. The lowest BCUT2D eigenvalue weighted by Crippen LogP contribution is -2.26. The lowest BCUT2D eigenvalue weighted by atomic mass is 10.1. The average molecular weight is 190 g/mol. The Bertz CT molecular complexity index is 267. The van der Waals surface area contributed by atoms with Crippen molar-refractivity contribution in [1.29, 1.82) is 0 Å². The monoisotopic (exact) mass is 190 g/mol. The van der Waals surface area contributed by atoms with Gasteiger partial charge in [0.25, 0.3) is 0 Å². The second-order valence-corrected chi connectivity index (χ2v) is 4.28. The maximum absolute atomic E-state index is 4.28. The first-order valence-corrected chi connectivity index (χ1v) is 5.48. The summed E-state index contributed by atoms with van der Waals surface area (Å²) in [7, 11) is 0. The van der Waals surface area contributed by atoms with E-state index in [1.165, 1.54) is 19.3 Å². The molecule has 0 spiro atoms. The Morgan fingerprint density at radius 2 is 2.36 bits per heavy atom. The van der Waals surface area contributed by atoms with Gasteiger partial charge in [-0.25, -0.2) is 0 Å². The fourth-order valence-electron chi connectivity index (χ4n) is 1.72. The molecule has 2 rings (SSSR count). The molecule has 1 heterocycles. The highest BCUT2D eigenvalue weighted by Gasteiger charge is 2.23. The average Bonchev–Trinajstić information content (AvgIpc) is 3.00. The smallest absolute Gasteiger partial charge is 0.0541 e. The van der Waals surface area contributed by atoms with Crippen molar-refractivity contribution in [3.63, 3.8) is 0 Å². The van der Waals surface area contributed by atoms with E-state index in [2.05, 4.69) is 23.3 Å². The van der Waals surface area contributed by atoms with Gasteiger partial charge in [0.15, 0.2) is 0 Å². The van der Waals surface area contributed by atoms with Crippen LogP contribution in [-0.4, -0.2) is 11.0 Å². The maximum Gasteiger partial charge on any atom is 0.0541 e. The normalized spacial score (nSPS) is 18.1. The van der Waals surface area contributed by atoms with Crippen molar-refractivity contribution in [1.82, 2.24) is 10.3 Å². The minimum Gasteiger partial charge on any atom is -0.309 e. The van der Waals surface area contributed by atoms with Crippen LogP contribution in [0.3, 0.4) is 0 Å². The Morgan fingerprint density at radius 1 is 1.50 bits per heavy atom. The Kier molecular flexibility index (Phi) is 3.14. The number of hydrogen-bond donors (Lipinski definition) is 1. The fourth-order valence-corrected chi connectivity index (χ4v) is 1.72. The van der Waals surface area contributed by atoms with Crippen molar-refractivity contribution in [2.75, 3.05) is 0 Å². The van der Waals surface area contributed by atoms with Crippen LogP contribution in [0.2, 0.25) is 0 Å². The van der Waals surface area contributed by atoms with Gasteiger partial charge in [0.05, 0.1) is 5.69 Å². The van der Waals surface area contributed by atoms with Crippen molar-refractivity contribution in [3.05, 3.63) is 30.1 Å². The van der Waals surface area contributed by atoms with Gasteiger partial charge in [-0.05, 0) is 31.4 Å². The van der Waals surface area contributed by atoms with Crippen LogP contribution in [0.1, 0.15) is 31.9 Å². The molecule has 1 N–H and O–H groups in total. The van der Waals surface area contributed by atoms with Gasteiger partial charge in [-0.2, -0.15) is 0 Å². The van der Waals surface area contributed by atoms with Crippen LogP contribution >= 0.6 is 0 Å². The van der Waals surface area contributed by atoms with E-state index in [4.69, 9.17) is 0 Å². The zero-order chi connectivity index (χ0) is 9.80. The van der Waals surface area contributed by atoms with Gasteiger partial charge in [0.2, 0.25) is 0 Å². The largest absolute Gasteiger partial charge is 0.309 e. The summed E-state index contributed by atoms with van der Waals surface area (Å²) in [6.45, 7) is 3.16. The summed E-state index contributed by atoms with van der Waals surface area (Å²) in [5.74, 6) is 1.00. The van der Waals surface area contributed by atoms with Crippen LogP contribution in [0, 0.1) is 5.92 Å². The Hall–Kier alpha value is -0.890. The number of hydrogen-bond acceptors (Lipinski definition) is 2. The van der Waals surface area contributed by atoms with Gasteiger partial charge in [0.1, 0.15) is 0 Å². The predicted molar refractivity (Wildman–Crippen MR) is 57.9 cm³/mol. The lowest BCUT2D eigenvalue weighted by Gasteiger charge is -2.12. The zero-order valence-electron chi connectivity index (χ0n) is 8.74. The van der Waals surface area contributed by atoms with Crippen molar-refractivity contribution in [3.8, 4) is 0 Å². The molecule has 1 aliphatic rings. The molecule has 2 heteroatoms. The molecule has 1 unspecified atom stereocenters. The summed E-state index contributed by atoms with van der Waals surface area (Å²) in [4.78, 5) is 4.28. The number of pyridine rings is 1. The third kappa shape index (κ3) is 3.11. The number of aromatic nitrogens is 1. The van der Waals surface area contributed by atoms with Gasteiger partial charge in [-0.3, -0.25) is 4.98 Å². The summed E-state index contributed by atoms with van der Waals surface area (Å²) in [5, 5.41) is 3.51. The SMILES string of the molecule is CC(CC1CC1)NCc1ccccn1. The second-order valence-electron chi connectivity index (χ2n) is 4.28. The summed E-state index contributed by atoms with van der Waals surface area (Å²) in [6, 6.07) is 6.69. The van der Waals surface area contributed by atoms with E-state index in [1.54, 1.807) is 0 Å². The van der Waals surface area contributed by atoms with Gasteiger partial charge in [-0.1, -0.05) is 18.9 Å². The fraction of sp³-hybridized carbons (Fsp3) is 0.583. The Morgan fingerprint density at radius 3 is 3.00 bits per heavy atom. The molecule has 0 amide bonds. The highest BCUT2D eigenvalue weighted by Crippen LogP contribution is 2.33. The standard InChI is InChI=1S/C12H18N2/c1-10(8-11-5-6-11)14-9-12-4-2-3-7-13-12/h2-4,7,10-11,14H,5-6,8-9H2,1H3. The molecule has 1 saturated carbocycles. The summed E-state index contributed by atoms with van der Waals surface area (Å²) in [6.07, 6.45) is 6.06. The molecule has 0 aromatic carbocycles. The third-order valence-corrected chi connectivity index (χ3v) is 2.74. The minimum atomic E-state index is 0.629. The summed E-state index contributed by atoms with van der Waals surface area (Å²) in [5.41, 5.74) is 1.13. The first-order valence-electron chi connectivity index (χ1n) is 5.48. The topological polar surface area (TPSA) is 24.9 Å². The molecule has 0 radical (unpaired) electrons. The first kappa shape index (κ1) is 9.66. The van der Waals surface area contributed by atoms with Crippen molar-refractivity contribution in [2.45, 2.75) is 38.8 Å². The molecule has 14 heavy (non-hydrogen) atoms. The van der Waals surface area contributed by atoms with Crippen LogP contribution in [0.5, 0.6) is 0 Å². The van der Waals surface area contributed by atoms with Crippen LogP contribution in [0.4, 0.5) is 0 Å². The molecule has 1 aromatic rings. The molecule has 2 nitrogen and oxygen atoms in total. The molecule has 0 aliphatic heterocycles. The minimum absolute atomic E-state index is 0.629. The van der Waals surface area contributed by atoms with E-state index in [0.29, 0.717) is 6.04 Å². The van der Waals surface area contributed by atoms with Crippen molar-refractivity contribution < 1.29 is 0 Å². The van der Waals surface area contributed by atoms with Gasteiger partial charge in [-0.15, -0.1) is 0 Å². The van der Waals surface area contributed by atoms with E-state index in [-0.39, 0.29) is 0 Å². The number of nitrogens with one attached hydrogen (secondary N) is 1. The molecule has 1 aliphatic carbocycles. The molecular weight excluding hydrogens is 172 g/mol. The number of nitrogens with zero attached hydrogens (tertiary/aromatic N) is 1. The van der Waals surface area contributed by atoms with Crippen molar-refractivity contribution in [2.24, 2.45) is 5.92 Å². The molecule has 1 fully saturated rings. The quantitative estimate of drug-likeness (QED) is 0.771. The van der Waals surface area contributed by atoms with Crippen LogP contribution in [-0.2, 0) is 6.54 Å². The molecular formula is C12H18N2. The van der Waals surface area contributed by atoms with Gasteiger partial charge >= 0.3 is 0 Å². The molecule has 0 saturated heterocycles. The van der Waals surface area contributed by atoms with Gasteiger partial charge < -0.3 is 5.32 Å². The molecule has 1 aromatic heterocycles. The van der Waals surface area contributed by atoms with Crippen LogP contribution < -0.4 is 5.32 Å². The highest BCUT2D eigenvalue weighted by atomic mass is 14.9. The predicted octanol–water partition coefficient (Wildman–Crippen LogP) is 2.36. The van der Waals surface area contributed by atoms with Crippen LogP contribution in [0.15, 0.2) is 24.4 Å².